The molecule has 3 aromatic rings. The predicted molar refractivity (Wildman–Crippen MR) is 140 cm³/mol. The minimum atomic E-state index is -1.01. The van der Waals surface area contributed by atoms with Gasteiger partial charge in [0.05, 0.1) is 25.2 Å². The van der Waals surface area contributed by atoms with Gasteiger partial charge in [-0.1, -0.05) is 60.3 Å². The lowest BCUT2D eigenvalue weighted by Gasteiger charge is -2.36. The Morgan fingerprint density at radius 1 is 0.974 bits per heavy atom. The molecule has 1 aromatic heterocycles. The fraction of sp³-hybridized carbons (Fsp3) is 0.321. The van der Waals surface area contributed by atoms with E-state index >= 15 is 0 Å². The number of carbonyl (C=O) groups excluding carboxylic acids is 1. The van der Waals surface area contributed by atoms with E-state index in [1.165, 1.54) is 18.0 Å². The number of carboxylic acid groups (broad SMARTS) is 1. The molecule has 0 unspecified atom stereocenters. The molecule has 3 atom stereocenters. The number of nitrogens with zero attached hydrogens (tertiary/aromatic N) is 1. The lowest BCUT2D eigenvalue weighted by Crippen LogP contribution is -2.32. The summed E-state index contributed by atoms with van der Waals surface area (Å²) in [5.41, 5.74) is 3.47. The van der Waals surface area contributed by atoms with Crippen molar-refractivity contribution in [3.8, 4) is 0 Å². The van der Waals surface area contributed by atoms with E-state index in [0.29, 0.717) is 17.2 Å². The first-order valence-corrected chi connectivity index (χ1v) is 13.3. The summed E-state index contributed by atoms with van der Waals surface area (Å²) >= 11 is 1.43. The molecule has 200 valence electrons. The van der Waals surface area contributed by atoms with Crippen LogP contribution >= 0.6 is 11.8 Å². The molecule has 0 radical (unpaired) electrons. The van der Waals surface area contributed by atoms with Crippen molar-refractivity contribution in [2.75, 3.05) is 5.75 Å². The van der Waals surface area contributed by atoms with Crippen LogP contribution in [0.25, 0.3) is 0 Å². The quantitative estimate of drug-likeness (QED) is 0.192. The Balaban J connectivity index is 1.44. The summed E-state index contributed by atoms with van der Waals surface area (Å²) < 4.78 is 13.5. The average molecular weight is 539 g/mol. The Labute approximate surface area is 225 Å². The van der Waals surface area contributed by atoms with Crippen LogP contribution in [0.3, 0.4) is 0 Å². The summed E-state index contributed by atoms with van der Waals surface area (Å²) in [5, 5.41) is 33.5. The third kappa shape index (κ3) is 7.78. The number of pyridine rings is 1. The van der Waals surface area contributed by atoms with E-state index < -0.39 is 12.3 Å². The number of benzene rings is 2. The van der Waals surface area contributed by atoms with Crippen LogP contribution < -0.4 is 10.0 Å². The van der Waals surface area contributed by atoms with E-state index in [1.807, 2.05) is 54.6 Å². The van der Waals surface area contributed by atoms with Crippen molar-refractivity contribution in [1.82, 2.24) is 5.32 Å². The molecule has 3 N–H and O–H groups in total. The first kappa shape index (κ1) is 27.6. The molecule has 10 heteroatoms. The highest BCUT2D eigenvalue weighted by Crippen LogP contribution is 2.39. The van der Waals surface area contributed by atoms with Gasteiger partial charge in [-0.25, -0.2) is 0 Å². The van der Waals surface area contributed by atoms with Gasteiger partial charge in [0.15, 0.2) is 12.5 Å². The molecule has 1 aliphatic heterocycles. The summed E-state index contributed by atoms with van der Waals surface area (Å²) in [6.45, 7) is 0.256. The van der Waals surface area contributed by atoms with Crippen LogP contribution in [-0.2, 0) is 32.2 Å². The zero-order chi connectivity index (χ0) is 26.9. The number of ether oxygens (including phenoxy) is 2. The maximum absolute atomic E-state index is 12.1. The summed E-state index contributed by atoms with van der Waals surface area (Å²) in [6.07, 6.45) is 0.748. The number of nitrogens with one attached hydrogen (secondary N) is 1. The summed E-state index contributed by atoms with van der Waals surface area (Å²) in [5.74, 6) is -0.756. The number of hydrogen-bond donors (Lipinski definition) is 3. The second-order valence-corrected chi connectivity index (χ2v) is 9.98. The monoisotopic (exact) mass is 538 g/mol. The second-order valence-electron chi connectivity index (χ2n) is 8.94. The van der Waals surface area contributed by atoms with Gasteiger partial charge < -0.3 is 30.2 Å². The van der Waals surface area contributed by atoms with Crippen LogP contribution in [0, 0.1) is 5.21 Å². The van der Waals surface area contributed by atoms with Crippen LogP contribution in [0.1, 0.15) is 53.9 Å². The van der Waals surface area contributed by atoms with Gasteiger partial charge in [-0.3, -0.25) is 9.59 Å². The standard InChI is InChI=1S/C28H30N2O7S/c31-17-20-6-8-21(9-7-20)24-15-23(18-38-26-3-1-2-14-30(26)35)36-28(37-24)22-10-4-19(5-11-22)16-29-25(32)12-13-27(33)34/h1-11,14,23-24,28,31H,12-13,15-18H2,(H,29,32)(H,33,34)/t23-,24+,28+/m1/s1. The van der Waals surface area contributed by atoms with E-state index in [-0.39, 0.29) is 44.1 Å². The van der Waals surface area contributed by atoms with Crippen LogP contribution in [0.5, 0.6) is 0 Å². The predicted octanol–water partition coefficient (Wildman–Crippen LogP) is 3.63. The largest absolute Gasteiger partial charge is 0.618 e. The third-order valence-electron chi connectivity index (χ3n) is 6.13. The van der Waals surface area contributed by atoms with Crippen molar-refractivity contribution in [2.45, 2.75) is 55.9 Å². The lowest BCUT2D eigenvalue weighted by atomic mass is 10.0. The number of thioether (sulfide) groups is 1. The highest BCUT2D eigenvalue weighted by atomic mass is 32.2. The highest BCUT2D eigenvalue weighted by molar-refractivity contribution is 7.99. The van der Waals surface area contributed by atoms with Crippen molar-refractivity contribution in [1.29, 1.82) is 0 Å². The molecule has 0 bridgehead atoms. The van der Waals surface area contributed by atoms with Crippen molar-refractivity contribution in [3.05, 3.63) is 100 Å². The maximum Gasteiger partial charge on any atom is 0.303 e. The minimum Gasteiger partial charge on any atom is -0.618 e. The van der Waals surface area contributed by atoms with E-state index in [4.69, 9.17) is 14.6 Å². The molecule has 38 heavy (non-hydrogen) atoms. The van der Waals surface area contributed by atoms with Gasteiger partial charge in [-0.2, -0.15) is 4.73 Å². The average Bonchev–Trinajstić information content (AvgIpc) is 2.94. The molecule has 0 aliphatic carbocycles. The second kappa shape index (κ2) is 13.4. The topological polar surface area (TPSA) is 132 Å². The Morgan fingerprint density at radius 3 is 2.37 bits per heavy atom. The molecule has 2 aromatic carbocycles. The van der Waals surface area contributed by atoms with Gasteiger partial charge in [0.1, 0.15) is 0 Å². The van der Waals surface area contributed by atoms with Gasteiger partial charge >= 0.3 is 5.97 Å². The molecular weight excluding hydrogens is 508 g/mol. The van der Waals surface area contributed by atoms with Crippen LogP contribution in [-0.4, -0.2) is 33.9 Å². The van der Waals surface area contributed by atoms with Gasteiger partial charge in [0.25, 0.3) is 5.03 Å². The fourth-order valence-electron chi connectivity index (χ4n) is 4.03. The van der Waals surface area contributed by atoms with Crippen LogP contribution in [0.2, 0.25) is 0 Å². The van der Waals surface area contributed by atoms with Gasteiger partial charge in [-0.05, 0) is 22.8 Å². The maximum atomic E-state index is 12.1. The lowest BCUT2D eigenvalue weighted by molar-refractivity contribution is -0.645. The summed E-state index contributed by atoms with van der Waals surface area (Å²) in [4.78, 5) is 22.4. The number of rotatable bonds is 11. The van der Waals surface area contributed by atoms with Crippen molar-refractivity contribution >= 4 is 23.6 Å². The van der Waals surface area contributed by atoms with E-state index in [2.05, 4.69) is 5.32 Å². The molecular formula is C28H30N2O7S. The minimum absolute atomic E-state index is 0.0323. The molecule has 1 aliphatic rings. The SMILES string of the molecule is O=C(O)CCC(=O)NCc1ccc([C@H]2O[C@@H](CSc3cccc[n+]3[O-])C[C@@H](c3ccc(CO)cc3)O2)cc1. The number of hydrogen-bond acceptors (Lipinski definition) is 7. The van der Waals surface area contributed by atoms with Crippen LogP contribution in [0.4, 0.5) is 0 Å². The normalized spacial score (nSPS) is 19.1. The molecule has 1 amide bonds. The summed E-state index contributed by atoms with van der Waals surface area (Å²) in [7, 11) is 0. The van der Waals surface area contributed by atoms with Gasteiger partial charge in [0.2, 0.25) is 5.91 Å². The number of amides is 1. The Kier molecular flexibility index (Phi) is 9.72. The molecule has 2 heterocycles. The Bertz CT molecular complexity index is 1220. The Morgan fingerprint density at radius 2 is 1.68 bits per heavy atom. The van der Waals surface area contributed by atoms with Crippen LogP contribution in [0.15, 0.2) is 78.0 Å². The van der Waals surface area contributed by atoms with Crippen molar-refractivity contribution < 1.29 is 34.0 Å². The molecule has 1 saturated heterocycles. The summed E-state index contributed by atoms with van der Waals surface area (Å²) in [6, 6.07) is 20.4. The number of aromatic nitrogens is 1. The fourth-order valence-corrected chi connectivity index (χ4v) is 4.96. The molecule has 9 nitrogen and oxygen atoms in total. The molecule has 0 saturated carbocycles. The van der Waals surface area contributed by atoms with E-state index in [1.54, 1.807) is 12.1 Å². The molecule has 1 fully saturated rings. The third-order valence-corrected chi connectivity index (χ3v) is 7.28. The smallest absolute Gasteiger partial charge is 0.303 e. The van der Waals surface area contributed by atoms with Crippen molar-refractivity contribution in [2.24, 2.45) is 0 Å². The van der Waals surface area contributed by atoms with Gasteiger partial charge in [-0.15, -0.1) is 0 Å². The molecule has 0 spiro atoms. The number of aliphatic hydroxyl groups is 1. The number of carboxylic acids is 1. The zero-order valence-electron chi connectivity index (χ0n) is 20.7. The van der Waals surface area contributed by atoms with E-state index in [9.17, 15) is 19.9 Å². The Hall–Kier alpha value is -3.44. The highest BCUT2D eigenvalue weighted by Gasteiger charge is 2.32. The number of aliphatic carboxylic acids is 1. The molecule has 4 rings (SSSR count). The first-order valence-electron chi connectivity index (χ1n) is 12.3. The first-order chi connectivity index (χ1) is 18.4. The van der Waals surface area contributed by atoms with Crippen molar-refractivity contribution in [3.63, 3.8) is 0 Å². The number of aliphatic hydroxyl groups excluding tert-OH is 1. The zero-order valence-corrected chi connectivity index (χ0v) is 21.5. The van der Waals surface area contributed by atoms with Gasteiger partial charge in [0, 0.05) is 42.8 Å². The number of carbonyl (C=O) groups is 2. The van der Waals surface area contributed by atoms with E-state index in [0.717, 1.165) is 27.0 Å².